The summed E-state index contributed by atoms with van der Waals surface area (Å²) >= 11 is 0. The van der Waals surface area contributed by atoms with E-state index in [1.54, 1.807) is 20.2 Å². The van der Waals surface area contributed by atoms with Crippen LogP contribution < -0.4 is 10.7 Å². The molecular formula is C17H32N4O4. The zero-order chi connectivity index (χ0) is 19.9. The third-order valence-corrected chi connectivity index (χ3v) is 3.48. The molecule has 1 atom stereocenters. The first-order valence-corrected chi connectivity index (χ1v) is 8.23. The summed E-state index contributed by atoms with van der Waals surface area (Å²) in [5, 5.41) is 12.9. The summed E-state index contributed by atoms with van der Waals surface area (Å²) in [6, 6.07) is -0.791. The van der Waals surface area contributed by atoms with Crippen LogP contribution in [0.25, 0.3) is 0 Å². The molecule has 0 unspecified atom stereocenters. The largest absolute Gasteiger partial charge is 0.478 e. The zero-order valence-corrected chi connectivity index (χ0v) is 16.5. The van der Waals surface area contributed by atoms with Crippen molar-refractivity contribution in [2.75, 3.05) is 20.6 Å². The number of rotatable bonds is 7. The van der Waals surface area contributed by atoms with E-state index in [2.05, 4.69) is 10.7 Å². The number of hydrazine groups is 1. The molecule has 0 radical (unpaired) electrons. The van der Waals surface area contributed by atoms with Gasteiger partial charge in [-0.3, -0.25) is 9.80 Å². The predicted molar refractivity (Wildman–Crippen MR) is 96.8 cm³/mol. The van der Waals surface area contributed by atoms with E-state index >= 15 is 0 Å². The second kappa shape index (κ2) is 9.41. The van der Waals surface area contributed by atoms with Crippen molar-refractivity contribution in [2.24, 2.45) is 5.92 Å². The number of nitrogens with one attached hydrogen (secondary N) is 2. The van der Waals surface area contributed by atoms with E-state index in [9.17, 15) is 14.4 Å². The highest BCUT2D eigenvalue weighted by molar-refractivity contribution is 5.86. The number of carboxylic acid groups (broad SMARTS) is 1. The fourth-order valence-electron chi connectivity index (χ4n) is 2.19. The molecule has 0 aromatic carbocycles. The Bertz CT molecular complexity index is 523. The average Bonchev–Trinajstić information content (AvgIpc) is 2.46. The van der Waals surface area contributed by atoms with Gasteiger partial charge in [-0.1, -0.05) is 19.9 Å². The van der Waals surface area contributed by atoms with Gasteiger partial charge < -0.3 is 15.3 Å². The Labute approximate surface area is 150 Å². The van der Waals surface area contributed by atoms with Crippen LogP contribution in [0.2, 0.25) is 0 Å². The van der Waals surface area contributed by atoms with Gasteiger partial charge in [0.25, 0.3) is 0 Å². The van der Waals surface area contributed by atoms with Gasteiger partial charge in [-0.25, -0.2) is 15.0 Å². The topological polar surface area (TPSA) is 102 Å². The van der Waals surface area contributed by atoms with E-state index in [0.717, 1.165) is 0 Å². The van der Waals surface area contributed by atoms with Gasteiger partial charge in [0.05, 0.1) is 12.6 Å². The van der Waals surface area contributed by atoms with Crippen molar-refractivity contribution in [2.45, 2.75) is 53.1 Å². The van der Waals surface area contributed by atoms with E-state index in [0.29, 0.717) is 0 Å². The van der Waals surface area contributed by atoms with E-state index in [1.807, 2.05) is 34.6 Å². The molecule has 0 spiro atoms. The van der Waals surface area contributed by atoms with E-state index < -0.39 is 12.0 Å². The zero-order valence-electron chi connectivity index (χ0n) is 16.5. The maximum Gasteiger partial charge on any atom is 0.331 e. The minimum absolute atomic E-state index is 0.0317. The normalized spacial score (nSPS) is 13.4. The molecule has 25 heavy (non-hydrogen) atoms. The Morgan fingerprint density at radius 3 is 2.08 bits per heavy atom. The fourth-order valence-corrected chi connectivity index (χ4v) is 2.19. The highest BCUT2D eigenvalue weighted by Crippen LogP contribution is 2.13. The summed E-state index contributed by atoms with van der Waals surface area (Å²) in [5.74, 6) is -1.29. The molecule has 144 valence electrons. The van der Waals surface area contributed by atoms with E-state index in [-0.39, 0.29) is 35.5 Å². The van der Waals surface area contributed by atoms with Gasteiger partial charge in [0.2, 0.25) is 5.91 Å². The monoisotopic (exact) mass is 356 g/mol. The van der Waals surface area contributed by atoms with Crippen LogP contribution >= 0.6 is 0 Å². The lowest BCUT2D eigenvalue weighted by Crippen LogP contribution is -2.54. The lowest BCUT2D eigenvalue weighted by Gasteiger charge is -2.31. The SMILES string of the molecule is C/C(=C\[C@H](C(C)C)N(C)C(=O)CNC(=O)N(C)NC(C)(C)C)C(=O)O. The first-order valence-electron chi connectivity index (χ1n) is 8.23. The van der Waals surface area contributed by atoms with Gasteiger partial charge in [-0.05, 0) is 33.6 Å². The van der Waals surface area contributed by atoms with E-state index in [4.69, 9.17) is 5.11 Å². The summed E-state index contributed by atoms with van der Waals surface area (Å²) in [6.45, 7) is 10.9. The number of urea groups is 1. The number of nitrogens with zero attached hydrogens (tertiary/aromatic N) is 2. The van der Waals surface area contributed by atoms with Crippen molar-refractivity contribution in [1.82, 2.24) is 20.7 Å². The molecule has 0 aliphatic rings. The molecule has 0 aliphatic carbocycles. The van der Waals surface area contributed by atoms with Gasteiger partial charge in [0.1, 0.15) is 0 Å². The molecule has 0 heterocycles. The standard InChI is InChI=1S/C17H32N4O4/c1-11(2)13(9-12(3)15(23)24)20(7)14(22)10-18-16(25)21(8)19-17(4,5)6/h9,11,13,19H,10H2,1-8H3,(H,18,25)(H,23,24)/b12-9+/t13-/m1/s1. The Balaban J connectivity index is 4.84. The minimum atomic E-state index is -1.02. The highest BCUT2D eigenvalue weighted by atomic mass is 16.4. The van der Waals surface area contributed by atoms with Gasteiger partial charge in [0, 0.05) is 25.2 Å². The van der Waals surface area contributed by atoms with Crippen molar-refractivity contribution in [3.05, 3.63) is 11.6 Å². The first-order chi connectivity index (χ1) is 11.3. The Kier molecular flexibility index (Phi) is 8.62. The molecule has 3 N–H and O–H groups in total. The Morgan fingerprint density at radius 2 is 1.68 bits per heavy atom. The van der Waals surface area contributed by atoms with Crippen LogP contribution in [0.5, 0.6) is 0 Å². The van der Waals surface area contributed by atoms with Crippen LogP contribution in [0.4, 0.5) is 4.79 Å². The summed E-state index contributed by atoms with van der Waals surface area (Å²) in [5.41, 5.74) is 2.87. The lowest BCUT2D eigenvalue weighted by atomic mass is 10.00. The Hall–Kier alpha value is -2.09. The number of carboxylic acids is 1. The van der Waals surface area contributed by atoms with Crippen molar-refractivity contribution in [3.63, 3.8) is 0 Å². The number of hydrogen-bond acceptors (Lipinski definition) is 4. The van der Waals surface area contributed by atoms with Crippen LogP contribution in [-0.4, -0.2) is 65.1 Å². The maximum atomic E-state index is 12.3. The number of carbonyl (C=O) groups excluding carboxylic acids is 2. The van der Waals surface area contributed by atoms with Gasteiger partial charge in [-0.2, -0.15) is 0 Å². The van der Waals surface area contributed by atoms with Crippen LogP contribution in [0, 0.1) is 5.92 Å². The molecule has 0 saturated heterocycles. The summed E-state index contributed by atoms with van der Waals surface area (Å²) in [6.07, 6.45) is 1.56. The highest BCUT2D eigenvalue weighted by Gasteiger charge is 2.23. The maximum absolute atomic E-state index is 12.3. The second-order valence-corrected chi connectivity index (χ2v) is 7.47. The second-order valence-electron chi connectivity index (χ2n) is 7.47. The molecular weight excluding hydrogens is 324 g/mol. The van der Waals surface area contributed by atoms with Crippen molar-refractivity contribution >= 4 is 17.9 Å². The van der Waals surface area contributed by atoms with Crippen LogP contribution in [0.1, 0.15) is 41.5 Å². The summed E-state index contributed by atoms with van der Waals surface area (Å²) in [7, 11) is 3.17. The molecule has 3 amide bonds. The number of amides is 3. The number of likely N-dealkylation sites (N-methyl/N-ethyl adjacent to an activating group) is 1. The number of carbonyl (C=O) groups is 3. The molecule has 0 aromatic rings. The number of aliphatic carboxylic acids is 1. The van der Waals surface area contributed by atoms with Gasteiger partial charge in [-0.15, -0.1) is 0 Å². The summed E-state index contributed by atoms with van der Waals surface area (Å²) in [4.78, 5) is 36.8. The average molecular weight is 356 g/mol. The predicted octanol–water partition coefficient (Wildman–Crippen LogP) is 1.44. The third kappa shape index (κ3) is 8.53. The van der Waals surface area contributed by atoms with Crippen molar-refractivity contribution < 1.29 is 19.5 Å². The third-order valence-electron chi connectivity index (χ3n) is 3.48. The number of hydrogen-bond donors (Lipinski definition) is 3. The molecule has 8 nitrogen and oxygen atoms in total. The van der Waals surface area contributed by atoms with Gasteiger partial charge in [0.15, 0.2) is 0 Å². The first kappa shape index (κ1) is 22.9. The fraction of sp³-hybridized carbons (Fsp3) is 0.706. The Morgan fingerprint density at radius 1 is 1.16 bits per heavy atom. The molecule has 8 heteroatoms. The van der Waals surface area contributed by atoms with Crippen LogP contribution in [0.15, 0.2) is 11.6 Å². The van der Waals surface area contributed by atoms with Crippen LogP contribution in [0.3, 0.4) is 0 Å². The molecule has 0 rings (SSSR count). The van der Waals surface area contributed by atoms with Crippen LogP contribution in [-0.2, 0) is 9.59 Å². The minimum Gasteiger partial charge on any atom is -0.478 e. The van der Waals surface area contributed by atoms with Crippen molar-refractivity contribution in [1.29, 1.82) is 0 Å². The quantitative estimate of drug-likeness (QED) is 0.473. The van der Waals surface area contributed by atoms with Crippen molar-refractivity contribution in [3.8, 4) is 0 Å². The van der Waals surface area contributed by atoms with E-state index in [1.165, 1.54) is 16.8 Å². The molecule has 0 aromatic heterocycles. The molecule has 0 saturated carbocycles. The smallest absolute Gasteiger partial charge is 0.331 e. The molecule has 0 fully saturated rings. The van der Waals surface area contributed by atoms with Gasteiger partial charge >= 0.3 is 12.0 Å². The summed E-state index contributed by atoms with van der Waals surface area (Å²) < 4.78 is 0. The molecule has 0 aliphatic heterocycles. The molecule has 0 bridgehead atoms. The lowest BCUT2D eigenvalue weighted by molar-refractivity contribution is -0.133.